The van der Waals surface area contributed by atoms with Crippen molar-refractivity contribution in [3.05, 3.63) is 63.8 Å². The maximum absolute atomic E-state index is 13.0. The predicted molar refractivity (Wildman–Crippen MR) is 115 cm³/mol. The molecule has 30 heavy (non-hydrogen) atoms. The maximum Gasteiger partial charge on any atom is 0.270 e. The lowest BCUT2D eigenvalue weighted by molar-refractivity contribution is 0.0692. The number of carbonyl (C=O) groups excluding carboxylic acids is 2. The Hall–Kier alpha value is -2.71. The van der Waals surface area contributed by atoms with Gasteiger partial charge in [0, 0.05) is 49.3 Å². The fourth-order valence-electron chi connectivity index (χ4n) is 4.11. The van der Waals surface area contributed by atoms with E-state index in [1.807, 2.05) is 30.3 Å². The van der Waals surface area contributed by atoms with Gasteiger partial charge in [0.25, 0.3) is 5.91 Å². The molecule has 1 aromatic carbocycles. The number of ketones is 1. The smallest absolute Gasteiger partial charge is 0.270 e. The van der Waals surface area contributed by atoms with Crippen LogP contribution in [0.5, 0.6) is 0 Å². The average Bonchev–Trinajstić information content (AvgIpc) is 3.10. The summed E-state index contributed by atoms with van der Waals surface area (Å²) in [7, 11) is -3.55. The summed E-state index contributed by atoms with van der Waals surface area (Å²) in [6.07, 6.45) is 3.67. The summed E-state index contributed by atoms with van der Waals surface area (Å²) in [5, 5.41) is 1.22. The van der Waals surface area contributed by atoms with Crippen LogP contribution in [0.3, 0.4) is 0 Å². The molecule has 2 heterocycles. The Balaban J connectivity index is 1.43. The number of nitrogens with one attached hydrogen (secondary N) is 1. The molecule has 1 N–H and O–H groups in total. The van der Waals surface area contributed by atoms with Gasteiger partial charge in [-0.25, -0.2) is 8.42 Å². The predicted octanol–water partition coefficient (Wildman–Crippen LogP) is 2.60. The number of aromatic amines is 1. The molecule has 2 aromatic rings. The molecule has 158 valence electrons. The Morgan fingerprint density at radius 2 is 1.77 bits per heavy atom. The number of H-pyrrole nitrogens is 1. The molecule has 0 unspecified atom stereocenters. The van der Waals surface area contributed by atoms with Gasteiger partial charge in [-0.3, -0.25) is 9.59 Å². The van der Waals surface area contributed by atoms with Crippen molar-refractivity contribution in [3.63, 3.8) is 0 Å². The number of fused-ring (bicyclic) bond motifs is 1. The molecule has 0 spiro atoms. The van der Waals surface area contributed by atoms with E-state index in [1.165, 1.54) is 9.71 Å². The normalized spacial score (nSPS) is 18.0. The molecule has 0 atom stereocenters. The van der Waals surface area contributed by atoms with Crippen LogP contribution in [0.2, 0.25) is 0 Å². The molecule has 1 saturated heterocycles. The second kappa shape index (κ2) is 8.20. The standard InChI is InChI=1S/C22H25N3O4S/c1-16-20-18(8-5-9-19(20)26)23-21(16)22(27)24-11-13-25(14-12-24)30(28,29)15-10-17-6-3-2-4-7-17/h2-4,6-7,10,15,23H,5,8-9,11-14H2,1H3/b15-10+. The highest BCUT2D eigenvalue weighted by Gasteiger charge is 2.31. The Bertz CT molecular complexity index is 1090. The van der Waals surface area contributed by atoms with E-state index in [0.29, 0.717) is 36.3 Å². The third kappa shape index (κ3) is 3.97. The molecule has 1 aromatic heterocycles. The van der Waals surface area contributed by atoms with E-state index < -0.39 is 10.0 Å². The fourth-order valence-corrected chi connectivity index (χ4v) is 5.28. The van der Waals surface area contributed by atoms with Crippen LogP contribution in [0.25, 0.3) is 6.08 Å². The number of sulfonamides is 1. The third-order valence-electron chi connectivity index (χ3n) is 5.77. The van der Waals surface area contributed by atoms with E-state index in [4.69, 9.17) is 0 Å². The number of hydrogen-bond donors (Lipinski definition) is 1. The molecule has 7 nitrogen and oxygen atoms in total. The summed E-state index contributed by atoms with van der Waals surface area (Å²) in [5.41, 5.74) is 3.49. The Kier molecular flexibility index (Phi) is 5.62. The first-order chi connectivity index (χ1) is 14.4. The van der Waals surface area contributed by atoms with Crippen molar-refractivity contribution >= 4 is 27.8 Å². The highest BCUT2D eigenvalue weighted by Crippen LogP contribution is 2.27. The van der Waals surface area contributed by atoms with E-state index in [9.17, 15) is 18.0 Å². The summed E-state index contributed by atoms with van der Waals surface area (Å²) in [6, 6.07) is 9.26. The first-order valence-electron chi connectivity index (χ1n) is 10.1. The molecule has 1 aliphatic heterocycles. The van der Waals surface area contributed by atoms with Crippen LogP contribution in [0.4, 0.5) is 0 Å². The lowest BCUT2D eigenvalue weighted by Crippen LogP contribution is -2.50. The van der Waals surface area contributed by atoms with Crippen molar-refractivity contribution in [1.29, 1.82) is 0 Å². The van der Waals surface area contributed by atoms with Crippen LogP contribution < -0.4 is 0 Å². The van der Waals surface area contributed by atoms with Crippen molar-refractivity contribution < 1.29 is 18.0 Å². The molecule has 2 aliphatic rings. The third-order valence-corrected chi connectivity index (χ3v) is 7.33. The molecule has 0 radical (unpaired) electrons. The molecule has 4 rings (SSSR count). The van der Waals surface area contributed by atoms with Gasteiger partial charge in [0.1, 0.15) is 5.69 Å². The SMILES string of the molecule is Cc1c(C(=O)N2CCN(S(=O)(=O)/C=C/c3ccccc3)CC2)[nH]c2c1C(=O)CCC2. The number of nitrogens with zero attached hydrogens (tertiary/aromatic N) is 2. The summed E-state index contributed by atoms with van der Waals surface area (Å²) in [5.74, 6) is -0.0864. The molecule has 0 saturated carbocycles. The highest BCUT2D eigenvalue weighted by atomic mass is 32.2. The van der Waals surface area contributed by atoms with Gasteiger partial charge >= 0.3 is 0 Å². The summed E-state index contributed by atoms with van der Waals surface area (Å²) in [4.78, 5) is 30.0. The second-order valence-electron chi connectivity index (χ2n) is 7.70. The van der Waals surface area contributed by atoms with Crippen molar-refractivity contribution in [3.8, 4) is 0 Å². The number of Topliss-reactive ketones (excluding diaryl/α,β-unsaturated/α-hetero) is 1. The highest BCUT2D eigenvalue weighted by molar-refractivity contribution is 7.92. The minimum Gasteiger partial charge on any atom is -0.354 e. The first-order valence-corrected chi connectivity index (χ1v) is 11.6. The molecular weight excluding hydrogens is 402 g/mol. The van der Waals surface area contributed by atoms with Crippen LogP contribution in [0, 0.1) is 6.92 Å². The van der Waals surface area contributed by atoms with Crippen molar-refractivity contribution in [2.24, 2.45) is 0 Å². The number of hydrogen-bond acceptors (Lipinski definition) is 4. The van der Waals surface area contributed by atoms with Crippen molar-refractivity contribution in [2.75, 3.05) is 26.2 Å². The first kappa shape index (κ1) is 20.6. The van der Waals surface area contributed by atoms with E-state index >= 15 is 0 Å². The molecule has 1 aliphatic carbocycles. The lowest BCUT2D eigenvalue weighted by Gasteiger charge is -2.33. The van der Waals surface area contributed by atoms with Crippen LogP contribution in [-0.4, -0.2) is 60.5 Å². The van der Waals surface area contributed by atoms with Gasteiger partial charge in [-0.2, -0.15) is 4.31 Å². The quantitative estimate of drug-likeness (QED) is 0.812. The van der Waals surface area contributed by atoms with Crippen LogP contribution in [0.1, 0.15) is 50.5 Å². The number of aromatic nitrogens is 1. The van der Waals surface area contributed by atoms with Gasteiger partial charge in [0.15, 0.2) is 5.78 Å². The summed E-state index contributed by atoms with van der Waals surface area (Å²) >= 11 is 0. The molecule has 1 fully saturated rings. The number of benzene rings is 1. The van der Waals surface area contributed by atoms with E-state index in [2.05, 4.69) is 4.98 Å². The van der Waals surface area contributed by atoms with Crippen molar-refractivity contribution in [1.82, 2.24) is 14.2 Å². The summed E-state index contributed by atoms with van der Waals surface area (Å²) in [6.45, 7) is 2.92. The van der Waals surface area contributed by atoms with Gasteiger partial charge in [0.05, 0.1) is 0 Å². The zero-order valence-electron chi connectivity index (χ0n) is 16.9. The van der Waals surface area contributed by atoms with Crippen LogP contribution in [0.15, 0.2) is 35.7 Å². The molecule has 1 amide bonds. The largest absolute Gasteiger partial charge is 0.354 e. The number of carbonyl (C=O) groups is 2. The van der Waals surface area contributed by atoms with Gasteiger partial charge in [-0.1, -0.05) is 30.3 Å². The number of aryl methyl sites for hydroxylation is 1. The summed E-state index contributed by atoms with van der Waals surface area (Å²) < 4.78 is 26.6. The van der Waals surface area contributed by atoms with E-state index in [1.54, 1.807) is 17.9 Å². The molecule has 0 bridgehead atoms. The monoisotopic (exact) mass is 427 g/mol. The number of piperazine rings is 1. The van der Waals surface area contributed by atoms with Crippen LogP contribution >= 0.6 is 0 Å². The van der Waals surface area contributed by atoms with Gasteiger partial charge in [-0.05, 0) is 37.0 Å². The average molecular weight is 428 g/mol. The Labute approximate surface area is 176 Å². The Morgan fingerprint density at radius 1 is 1.07 bits per heavy atom. The topological polar surface area (TPSA) is 90.6 Å². The maximum atomic E-state index is 13.0. The zero-order chi connectivity index (χ0) is 21.3. The number of rotatable bonds is 4. The van der Waals surface area contributed by atoms with Gasteiger partial charge < -0.3 is 9.88 Å². The zero-order valence-corrected chi connectivity index (χ0v) is 17.7. The minimum absolute atomic E-state index is 0.0881. The van der Waals surface area contributed by atoms with Crippen molar-refractivity contribution in [2.45, 2.75) is 26.2 Å². The fraction of sp³-hybridized carbons (Fsp3) is 0.364. The Morgan fingerprint density at radius 3 is 2.43 bits per heavy atom. The van der Waals surface area contributed by atoms with Crippen LogP contribution in [-0.2, 0) is 16.4 Å². The van der Waals surface area contributed by atoms with Gasteiger partial charge in [0.2, 0.25) is 10.0 Å². The van der Waals surface area contributed by atoms with E-state index in [-0.39, 0.29) is 24.8 Å². The minimum atomic E-state index is -3.55. The van der Waals surface area contributed by atoms with E-state index in [0.717, 1.165) is 24.1 Å². The van der Waals surface area contributed by atoms with Gasteiger partial charge in [-0.15, -0.1) is 0 Å². The lowest BCUT2D eigenvalue weighted by atomic mass is 9.94. The molecule has 8 heteroatoms. The number of amides is 1. The second-order valence-corrected chi connectivity index (χ2v) is 9.52. The molecular formula is C22H25N3O4S.